The van der Waals surface area contributed by atoms with E-state index in [0.29, 0.717) is 0 Å². The number of aromatic nitrogens is 2. The van der Waals surface area contributed by atoms with E-state index in [2.05, 4.69) is 78.6 Å². The molecule has 2 aromatic heterocycles. The molecule has 0 amide bonds. The topological polar surface area (TPSA) is 25.8 Å². The zero-order valence-corrected chi connectivity index (χ0v) is 20.9. The van der Waals surface area contributed by atoms with Gasteiger partial charge >= 0.3 is 0 Å². The van der Waals surface area contributed by atoms with Gasteiger partial charge in [0.25, 0.3) is 0 Å². The Morgan fingerprint density at radius 1 is 0.794 bits per heavy atom. The van der Waals surface area contributed by atoms with Gasteiger partial charge in [0.1, 0.15) is 5.82 Å². The molecule has 1 aliphatic carbocycles. The maximum absolute atomic E-state index is 4.92. The first-order chi connectivity index (χ1) is 16.7. The van der Waals surface area contributed by atoms with E-state index in [9.17, 15) is 0 Å². The maximum Gasteiger partial charge on any atom is 0.133 e. The van der Waals surface area contributed by atoms with Gasteiger partial charge in [0.15, 0.2) is 0 Å². The van der Waals surface area contributed by atoms with Crippen molar-refractivity contribution >= 4 is 11.3 Å². The second-order valence-electron chi connectivity index (χ2n) is 9.94. The number of aryl methyl sites for hydroxylation is 2. The highest BCUT2D eigenvalue weighted by Crippen LogP contribution is 2.31. The Balaban J connectivity index is 1.22. The van der Waals surface area contributed by atoms with Gasteiger partial charge < -0.3 is 0 Å². The summed E-state index contributed by atoms with van der Waals surface area (Å²) in [6.07, 6.45) is 11.6. The van der Waals surface area contributed by atoms with Crippen LogP contribution in [0.3, 0.4) is 0 Å². The van der Waals surface area contributed by atoms with Crippen molar-refractivity contribution in [1.29, 1.82) is 0 Å². The van der Waals surface area contributed by atoms with Crippen LogP contribution in [0.2, 0.25) is 0 Å². The third-order valence-corrected chi connectivity index (χ3v) is 8.30. The molecule has 0 N–H and O–H groups in total. The molecule has 174 valence electrons. The normalized spacial score (nSPS) is 18.1. The third-order valence-electron chi connectivity index (χ3n) is 7.14. The number of benzene rings is 2. The molecule has 0 bridgehead atoms. The summed E-state index contributed by atoms with van der Waals surface area (Å²) in [5, 5.41) is 0. The average molecular weight is 467 g/mol. The van der Waals surface area contributed by atoms with Crippen molar-refractivity contribution in [3.05, 3.63) is 106 Å². The maximum atomic E-state index is 4.92. The Kier molecular flexibility index (Phi) is 7.50. The van der Waals surface area contributed by atoms with Crippen LogP contribution in [0, 0.1) is 11.8 Å². The van der Waals surface area contributed by atoms with Crippen LogP contribution in [0.5, 0.6) is 0 Å². The van der Waals surface area contributed by atoms with Gasteiger partial charge in [0.05, 0.1) is 10.6 Å². The van der Waals surface area contributed by atoms with E-state index in [1.165, 1.54) is 58.5 Å². The summed E-state index contributed by atoms with van der Waals surface area (Å²) in [5.41, 5.74) is 5.21. The lowest BCUT2D eigenvalue weighted by Gasteiger charge is -2.26. The summed E-state index contributed by atoms with van der Waals surface area (Å²) in [7, 11) is 0. The minimum atomic E-state index is 0.787. The highest BCUT2D eigenvalue weighted by Gasteiger charge is 2.18. The highest BCUT2D eigenvalue weighted by atomic mass is 32.1. The quantitative estimate of drug-likeness (QED) is 0.263. The number of nitrogens with zero attached hydrogens (tertiary/aromatic N) is 2. The standard InChI is InChI=1S/C31H34N2S/c1-23-10-12-25(13-11-23)20-26-8-5-9-27(21-26)22-31-32-19-18-29(33-31)30-17-16-28(34-30)15-14-24-6-3-2-4-7-24/h2-9,16-19,21,23,25H,10-15,20,22H2,1H3. The van der Waals surface area contributed by atoms with Crippen LogP contribution in [0.15, 0.2) is 79.0 Å². The number of hydrogen-bond donors (Lipinski definition) is 0. The van der Waals surface area contributed by atoms with E-state index in [1.807, 2.05) is 23.6 Å². The van der Waals surface area contributed by atoms with Crippen molar-refractivity contribution in [1.82, 2.24) is 9.97 Å². The molecule has 0 radical (unpaired) electrons. The molecule has 2 heterocycles. The predicted molar refractivity (Wildman–Crippen MR) is 143 cm³/mol. The molecule has 1 aliphatic rings. The number of thiophene rings is 1. The molecule has 0 spiro atoms. The highest BCUT2D eigenvalue weighted by molar-refractivity contribution is 7.15. The Morgan fingerprint density at radius 2 is 1.59 bits per heavy atom. The van der Waals surface area contributed by atoms with Gasteiger partial charge in [-0.3, -0.25) is 0 Å². The van der Waals surface area contributed by atoms with Crippen molar-refractivity contribution in [2.45, 2.75) is 58.3 Å². The lowest BCUT2D eigenvalue weighted by Crippen LogP contribution is -2.14. The smallest absolute Gasteiger partial charge is 0.133 e. The third kappa shape index (κ3) is 6.21. The molecule has 1 fully saturated rings. The van der Waals surface area contributed by atoms with Gasteiger partial charge in [-0.25, -0.2) is 9.97 Å². The van der Waals surface area contributed by atoms with E-state index in [4.69, 9.17) is 4.98 Å². The molecule has 0 unspecified atom stereocenters. The van der Waals surface area contributed by atoms with Gasteiger partial charge in [-0.15, -0.1) is 11.3 Å². The minimum absolute atomic E-state index is 0.787. The molecular weight excluding hydrogens is 432 g/mol. The Hall–Kier alpha value is -2.78. The van der Waals surface area contributed by atoms with Crippen LogP contribution in [0.25, 0.3) is 10.6 Å². The lowest BCUT2D eigenvalue weighted by atomic mass is 9.80. The summed E-state index contributed by atoms with van der Waals surface area (Å²) in [6, 6.07) is 26.3. The fourth-order valence-electron chi connectivity index (χ4n) is 5.10. The minimum Gasteiger partial charge on any atom is -0.241 e. The Morgan fingerprint density at radius 3 is 2.44 bits per heavy atom. The average Bonchev–Trinajstić information content (AvgIpc) is 3.35. The Bertz CT molecular complexity index is 1190. The van der Waals surface area contributed by atoms with Crippen molar-refractivity contribution < 1.29 is 0 Å². The molecule has 1 saturated carbocycles. The van der Waals surface area contributed by atoms with Crippen molar-refractivity contribution in [2.24, 2.45) is 11.8 Å². The van der Waals surface area contributed by atoms with Crippen LogP contribution >= 0.6 is 11.3 Å². The number of rotatable bonds is 8. The first-order valence-corrected chi connectivity index (χ1v) is 13.6. The van der Waals surface area contributed by atoms with E-state index >= 15 is 0 Å². The molecule has 0 atom stereocenters. The molecule has 0 saturated heterocycles. The molecule has 2 nitrogen and oxygen atoms in total. The monoisotopic (exact) mass is 466 g/mol. The van der Waals surface area contributed by atoms with Crippen LogP contribution in [0.1, 0.15) is 60.0 Å². The predicted octanol–water partition coefficient (Wildman–Crippen LogP) is 7.95. The summed E-state index contributed by atoms with van der Waals surface area (Å²) in [6.45, 7) is 2.40. The van der Waals surface area contributed by atoms with Crippen LogP contribution < -0.4 is 0 Å². The molecule has 3 heteroatoms. The van der Waals surface area contributed by atoms with Gasteiger partial charge in [-0.05, 0) is 78.8 Å². The van der Waals surface area contributed by atoms with Gasteiger partial charge in [-0.2, -0.15) is 0 Å². The van der Waals surface area contributed by atoms with Crippen LogP contribution in [-0.2, 0) is 25.7 Å². The van der Waals surface area contributed by atoms with E-state index in [-0.39, 0.29) is 0 Å². The zero-order chi connectivity index (χ0) is 23.2. The summed E-state index contributed by atoms with van der Waals surface area (Å²) >= 11 is 1.85. The first kappa shape index (κ1) is 23.0. The zero-order valence-electron chi connectivity index (χ0n) is 20.1. The second kappa shape index (κ2) is 11.1. The molecule has 34 heavy (non-hydrogen) atoms. The van der Waals surface area contributed by atoms with Gasteiger partial charge in [0, 0.05) is 17.5 Å². The summed E-state index contributed by atoms with van der Waals surface area (Å²) in [5.74, 6) is 2.66. The van der Waals surface area contributed by atoms with Crippen LogP contribution in [-0.4, -0.2) is 9.97 Å². The molecule has 2 aromatic carbocycles. The van der Waals surface area contributed by atoms with Crippen molar-refractivity contribution in [2.75, 3.05) is 0 Å². The number of hydrogen-bond acceptors (Lipinski definition) is 3. The molecular formula is C31H34N2S. The molecule has 0 aliphatic heterocycles. The lowest BCUT2D eigenvalue weighted by molar-refractivity contribution is 0.289. The molecule has 5 rings (SSSR count). The molecule has 4 aromatic rings. The largest absolute Gasteiger partial charge is 0.241 e. The van der Waals surface area contributed by atoms with Crippen LogP contribution in [0.4, 0.5) is 0 Å². The van der Waals surface area contributed by atoms with Crippen molar-refractivity contribution in [3.63, 3.8) is 0 Å². The van der Waals surface area contributed by atoms with E-state index in [1.54, 1.807) is 0 Å². The first-order valence-electron chi connectivity index (χ1n) is 12.7. The van der Waals surface area contributed by atoms with E-state index < -0.39 is 0 Å². The fourth-order valence-corrected chi connectivity index (χ4v) is 6.08. The summed E-state index contributed by atoms with van der Waals surface area (Å²) < 4.78 is 0. The fraction of sp³-hybridized carbons (Fsp3) is 0.355. The SMILES string of the molecule is CC1CCC(Cc2cccc(Cc3nccc(-c4ccc(CCc5ccccc5)s4)n3)c2)CC1. The van der Waals surface area contributed by atoms with Gasteiger partial charge in [-0.1, -0.05) is 74.4 Å². The summed E-state index contributed by atoms with van der Waals surface area (Å²) in [4.78, 5) is 12.1. The Labute approximate surface area is 208 Å². The van der Waals surface area contributed by atoms with Gasteiger partial charge in [0.2, 0.25) is 0 Å². The van der Waals surface area contributed by atoms with Crippen molar-refractivity contribution in [3.8, 4) is 10.6 Å². The second-order valence-corrected chi connectivity index (χ2v) is 11.1. The van der Waals surface area contributed by atoms with E-state index in [0.717, 1.165) is 42.6 Å².